The Morgan fingerprint density at radius 2 is 1.89 bits per heavy atom. The van der Waals surface area contributed by atoms with E-state index in [1.165, 1.54) is 0 Å². The van der Waals surface area contributed by atoms with Crippen molar-refractivity contribution in [1.82, 2.24) is 0 Å². The van der Waals surface area contributed by atoms with Crippen molar-refractivity contribution in [1.29, 1.82) is 0 Å². The minimum Gasteiger partial charge on any atom is -0.495 e. The maximum Gasteiger partial charge on any atom is 0.141 e. The average Bonchev–Trinajstić information content (AvgIpc) is 2.34. The van der Waals surface area contributed by atoms with Crippen LogP contribution in [0.5, 0.6) is 5.75 Å². The largest absolute Gasteiger partial charge is 0.495 e. The van der Waals surface area contributed by atoms with Gasteiger partial charge in [-0.2, -0.15) is 0 Å². The lowest BCUT2D eigenvalue weighted by atomic mass is 9.89. The van der Waals surface area contributed by atoms with Gasteiger partial charge >= 0.3 is 0 Å². The van der Waals surface area contributed by atoms with Crippen molar-refractivity contribution in [2.24, 2.45) is 0 Å². The molecule has 2 N–H and O–H groups in total. The number of ether oxygens (including phenoxy) is 1. The molecule has 0 fully saturated rings. The quantitative estimate of drug-likeness (QED) is 0.844. The van der Waals surface area contributed by atoms with Crippen LogP contribution >= 0.6 is 23.2 Å². The summed E-state index contributed by atoms with van der Waals surface area (Å²) in [7, 11) is 1.55. The van der Waals surface area contributed by atoms with Gasteiger partial charge in [-0.1, -0.05) is 30.1 Å². The molecule has 0 amide bonds. The highest BCUT2D eigenvalue weighted by atomic mass is 35.5. The minimum absolute atomic E-state index is 0.0238. The molecule has 3 atom stereocenters. The number of halogens is 2. The summed E-state index contributed by atoms with van der Waals surface area (Å²) in [6, 6.07) is 3.43. The fourth-order valence-electron chi connectivity index (χ4n) is 2.10. The van der Waals surface area contributed by atoms with E-state index in [4.69, 9.17) is 27.9 Å². The van der Waals surface area contributed by atoms with Crippen molar-refractivity contribution in [3.05, 3.63) is 27.7 Å². The monoisotopic (exact) mass is 306 g/mol. The SMILES string of the molecule is CCC(CC(O)C(C)O)c1cc(Cl)cc(Cl)c1OC. The summed E-state index contributed by atoms with van der Waals surface area (Å²) < 4.78 is 5.32. The highest BCUT2D eigenvalue weighted by molar-refractivity contribution is 6.35. The highest BCUT2D eigenvalue weighted by Crippen LogP contribution is 2.39. The Hall–Kier alpha value is -0.480. The number of methoxy groups -OCH3 is 1. The molecule has 0 bridgehead atoms. The summed E-state index contributed by atoms with van der Waals surface area (Å²) in [5.74, 6) is 0.603. The van der Waals surface area contributed by atoms with Crippen LogP contribution < -0.4 is 4.74 Å². The normalized spacial score (nSPS) is 15.9. The second kappa shape index (κ2) is 7.34. The van der Waals surface area contributed by atoms with E-state index in [1.807, 2.05) is 6.92 Å². The van der Waals surface area contributed by atoms with Crippen molar-refractivity contribution < 1.29 is 14.9 Å². The summed E-state index contributed by atoms with van der Waals surface area (Å²) in [4.78, 5) is 0. The first-order valence-electron chi connectivity index (χ1n) is 6.29. The van der Waals surface area contributed by atoms with Gasteiger partial charge < -0.3 is 14.9 Å². The van der Waals surface area contributed by atoms with Crippen LogP contribution in [-0.2, 0) is 0 Å². The van der Waals surface area contributed by atoms with Gasteiger partial charge in [0.25, 0.3) is 0 Å². The predicted molar refractivity (Wildman–Crippen MR) is 78.4 cm³/mol. The van der Waals surface area contributed by atoms with Crippen molar-refractivity contribution in [2.75, 3.05) is 7.11 Å². The summed E-state index contributed by atoms with van der Waals surface area (Å²) in [6.45, 7) is 3.58. The average molecular weight is 307 g/mol. The molecule has 0 saturated carbocycles. The van der Waals surface area contributed by atoms with E-state index in [-0.39, 0.29) is 5.92 Å². The lowest BCUT2D eigenvalue weighted by molar-refractivity contribution is 0.0214. The lowest BCUT2D eigenvalue weighted by Crippen LogP contribution is -2.24. The Kier molecular flexibility index (Phi) is 6.40. The van der Waals surface area contributed by atoms with Crippen molar-refractivity contribution in [3.8, 4) is 5.75 Å². The Labute approximate surface area is 124 Å². The zero-order valence-corrected chi connectivity index (χ0v) is 12.9. The van der Waals surface area contributed by atoms with Crippen LogP contribution in [0.4, 0.5) is 0 Å². The maximum absolute atomic E-state index is 9.83. The Morgan fingerprint density at radius 1 is 1.26 bits per heavy atom. The minimum atomic E-state index is -0.785. The Morgan fingerprint density at radius 3 is 2.37 bits per heavy atom. The van der Waals surface area contributed by atoms with Crippen LogP contribution in [0, 0.1) is 0 Å². The molecule has 0 aliphatic rings. The topological polar surface area (TPSA) is 49.7 Å². The fraction of sp³-hybridized carbons (Fsp3) is 0.571. The molecule has 1 aromatic rings. The third-order valence-corrected chi connectivity index (χ3v) is 3.76. The molecule has 0 aliphatic heterocycles. The summed E-state index contributed by atoms with van der Waals surface area (Å²) in [6.07, 6.45) is -0.333. The standard InChI is InChI=1S/C14H20Cl2O3/c1-4-9(5-13(18)8(2)17)11-6-10(15)7-12(16)14(11)19-3/h6-9,13,17-18H,4-5H2,1-3H3. The molecule has 1 aromatic carbocycles. The number of hydrogen-bond acceptors (Lipinski definition) is 3. The van der Waals surface area contributed by atoms with Gasteiger partial charge in [0, 0.05) is 10.6 Å². The van der Waals surface area contributed by atoms with E-state index in [0.29, 0.717) is 22.2 Å². The van der Waals surface area contributed by atoms with E-state index in [1.54, 1.807) is 26.2 Å². The van der Waals surface area contributed by atoms with Crippen LogP contribution in [0.3, 0.4) is 0 Å². The molecular formula is C14H20Cl2O3. The molecule has 19 heavy (non-hydrogen) atoms. The molecule has 0 spiro atoms. The van der Waals surface area contributed by atoms with Gasteiger partial charge in [-0.25, -0.2) is 0 Å². The van der Waals surface area contributed by atoms with Gasteiger partial charge in [0.2, 0.25) is 0 Å². The van der Waals surface area contributed by atoms with Crippen LogP contribution in [-0.4, -0.2) is 29.5 Å². The third kappa shape index (κ3) is 4.25. The van der Waals surface area contributed by atoms with Crippen molar-refractivity contribution in [2.45, 2.75) is 44.8 Å². The summed E-state index contributed by atoms with van der Waals surface area (Å²) >= 11 is 12.1. The van der Waals surface area contributed by atoms with Gasteiger partial charge in [-0.05, 0) is 37.8 Å². The smallest absolute Gasteiger partial charge is 0.141 e. The van der Waals surface area contributed by atoms with E-state index in [0.717, 1.165) is 12.0 Å². The van der Waals surface area contributed by atoms with Crippen molar-refractivity contribution >= 4 is 23.2 Å². The van der Waals surface area contributed by atoms with Crippen LogP contribution in [0.15, 0.2) is 12.1 Å². The van der Waals surface area contributed by atoms with Crippen molar-refractivity contribution in [3.63, 3.8) is 0 Å². The molecule has 108 valence electrons. The van der Waals surface area contributed by atoms with E-state index in [2.05, 4.69) is 0 Å². The molecular weight excluding hydrogens is 287 g/mol. The van der Waals surface area contributed by atoms with Crippen LogP contribution in [0.2, 0.25) is 10.0 Å². The first kappa shape index (κ1) is 16.6. The predicted octanol–water partition coefficient (Wildman–Crippen LogP) is 3.63. The molecule has 0 saturated heterocycles. The molecule has 1 rings (SSSR count). The van der Waals surface area contributed by atoms with Crippen LogP contribution in [0.1, 0.15) is 38.2 Å². The molecule has 0 radical (unpaired) electrons. The Balaban J connectivity index is 3.10. The zero-order chi connectivity index (χ0) is 14.6. The second-order valence-electron chi connectivity index (χ2n) is 4.66. The van der Waals surface area contributed by atoms with Gasteiger partial charge in [0.15, 0.2) is 0 Å². The van der Waals surface area contributed by atoms with Gasteiger partial charge in [0.05, 0.1) is 24.3 Å². The van der Waals surface area contributed by atoms with Gasteiger partial charge in [-0.15, -0.1) is 0 Å². The van der Waals surface area contributed by atoms with Gasteiger partial charge in [-0.3, -0.25) is 0 Å². The third-order valence-electron chi connectivity index (χ3n) is 3.26. The Bertz CT molecular complexity index is 421. The number of rotatable bonds is 6. The number of aliphatic hydroxyl groups excluding tert-OH is 2. The molecule has 3 nitrogen and oxygen atoms in total. The van der Waals surface area contributed by atoms with E-state index >= 15 is 0 Å². The zero-order valence-electron chi connectivity index (χ0n) is 11.4. The number of aliphatic hydroxyl groups is 2. The van der Waals surface area contributed by atoms with E-state index in [9.17, 15) is 10.2 Å². The summed E-state index contributed by atoms with van der Waals surface area (Å²) in [5.41, 5.74) is 0.863. The molecule has 5 heteroatoms. The first-order chi connectivity index (χ1) is 8.90. The molecule has 0 aromatic heterocycles. The molecule has 3 unspecified atom stereocenters. The first-order valence-corrected chi connectivity index (χ1v) is 7.05. The van der Waals surface area contributed by atoms with E-state index < -0.39 is 12.2 Å². The summed E-state index contributed by atoms with van der Waals surface area (Å²) in [5, 5.41) is 20.2. The number of benzene rings is 1. The maximum atomic E-state index is 9.83. The highest BCUT2D eigenvalue weighted by Gasteiger charge is 2.23. The molecule has 0 heterocycles. The second-order valence-corrected chi connectivity index (χ2v) is 5.50. The molecule has 0 aliphatic carbocycles. The van der Waals surface area contributed by atoms with Gasteiger partial charge in [0.1, 0.15) is 5.75 Å². The lowest BCUT2D eigenvalue weighted by Gasteiger charge is -2.23. The fourth-order valence-corrected chi connectivity index (χ4v) is 2.69. The van der Waals surface area contributed by atoms with Crippen LogP contribution in [0.25, 0.3) is 0 Å². The number of hydrogen-bond donors (Lipinski definition) is 2.